The summed E-state index contributed by atoms with van der Waals surface area (Å²) in [5, 5.41) is 9.19. The first-order chi connectivity index (χ1) is 9.43. The van der Waals surface area contributed by atoms with E-state index in [1.165, 1.54) is 19.4 Å². The molecule has 0 aliphatic heterocycles. The Morgan fingerprint density at radius 1 is 1.50 bits per heavy atom. The lowest BCUT2D eigenvalue weighted by Crippen LogP contribution is -2.42. The number of aliphatic carboxylic acids is 1. The van der Waals surface area contributed by atoms with Crippen LogP contribution in [-0.4, -0.2) is 47.5 Å². The van der Waals surface area contributed by atoms with E-state index in [0.29, 0.717) is 13.0 Å². The maximum Gasteiger partial charge on any atom is 0.326 e. The van der Waals surface area contributed by atoms with E-state index in [9.17, 15) is 14.7 Å². The third-order valence-electron chi connectivity index (χ3n) is 2.73. The van der Waals surface area contributed by atoms with Gasteiger partial charge in [0.2, 0.25) is 0 Å². The molecule has 0 unspecified atom stereocenters. The highest BCUT2D eigenvalue weighted by atomic mass is 16.4. The average Bonchev–Trinajstić information content (AvgIpc) is 2.90. The number of likely N-dealkylation sites (N-methyl/N-ethyl adjacent to an activating group) is 1. The van der Waals surface area contributed by atoms with Gasteiger partial charge in [0.25, 0.3) is 5.91 Å². The number of carbonyl (C=O) groups excluding carboxylic acids is 1. The second-order valence-electron chi connectivity index (χ2n) is 4.20. The van der Waals surface area contributed by atoms with E-state index in [2.05, 4.69) is 4.99 Å². The molecule has 1 atom stereocenters. The molecule has 0 aromatic carbocycles. The number of furan rings is 1. The van der Waals surface area contributed by atoms with Crippen molar-refractivity contribution in [3.05, 3.63) is 24.2 Å². The van der Waals surface area contributed by atoms with E-state index >= 15 is 0 Å². The molecule has 0 bridgehead atoms. The quantitative estimate of drug-likeness (QED) is 0.362. The van der Waals surface area contributed by atoms with Gasteiger partial charge in [0.1, 0.15) is 6.04 Å². The molecule has 20 heavy (non-hydrogen) atoms. The number of guanidine groups is 1. The van der Waals surface area contributed by atoms with Gasteiger partial charge in [-0.3, -0.25) is 9.79 Å². The predicted octanol–water partition coefficient (Wildman–Crippen LogP) is -0.142. The minimum Gasteiger partial charge on any atom is -0.480 e. The molecule has 110 valence electrons. The molecule has 0 aliphatic carbocycles. The third-order valence-corrected chi connectivity index (χ3v) is 2.73. The molecule has 0 radical (unpaired) electrons. The van der Waals surface area contributed by atoms with Crippen LogP contribution in [-0.2, 0) is 4.79 Å². The smallest absolute Gasteiger partial charge is 0.326 e. The van der Waals surface area contributed by atoms with Gasteiger partial charge in [0.15, 0.2) is 11.7 Å². The van der Waals surface area contributed by atoms with Crippen molar-refractivity contribution >= 4 is 17.8 Å². The highest BCUT2D eigenvalue weighted by Crippen LogP contribution is 2.11. The van der Waals surface area contributed by atoms with Crippen molar-refractivity contribution in [3.63, 3.8) is 0 Å². The van der Waals surface area contributed by atoms with Crippen molar-refractivity contribution in [2.24, 2.45) is 16.5 Å². The lowest BCUT2D eigenvalue weighted by molar-refractivity contribution is -0.142. The molecule has 0 fully saturated rings. The Bertz CT molecular complexity index is 480. The van der Waals surface area contributed by atoms with Crippen LogP contribution in [0.3, 0.4) is 0 Å². The summed E-state index contributed by atoms with van der Waals surface area (Å²) >= 11 is 0. The summed E-state index contributed by atoms with van der Waals surface area (Å²) < 4.78 is 4.96. The number of amides is 1. The van der Waals surface area contributed by atoms with E-state index in [0.717, 1.165) is 4.90 Å². The van der Waals surface area contributed by atoms with Gasteiger partial charge in [-0.15, -0.1) is 0 Å². The van der Waals surface area contributed by atoms with Gasteiger partial charge in [0.05, 0.1) is 6.26 Å². The van der Waals surface area contributed by atoms with E-state index in [-0.39, 0.29) is 18.1 Å². The summed E-state index contributed by atoms with van der Waals surface area (Å²) in [7, 11) is 1.42. The van der Waals surface area contributed by atoms with Crippen molar-refractivity contribution in [1.82, 2.24) is 4.90 Å². The minimum absolute atomic E-state index is 0.0445. The Kier molecular flexibility index (Phi) is 5.57. The van der Waals surface area contributed by atoms with Crippen molar-refractivity contribution < 1.29 is 19.1 Å². The Morgan fingerprint density at radius 3 is 2.70 bits per heavy atom. The van der Waals surface area contributed by atoms with Gasteiger partial charge < -0.3 is 25.9 Å². The zero-order valence-corrected chi connectivity index (χ0v) is 11.2. The molecule has 1 heterocycles. The van der Waals surface area contributed by atoms with Crippen molar-refractivity contribution in [1.29, 1.82) is 0 Å². The number of carbonyl (C=O) groups is 2. The molecule has 0 aliphatic rings. The maximum absolute atomic E-state index is 12.0. The van der Waals surface area contributed by atoms with Crippen LogP contribution in [0.4, 0.5) is 0 Å². The van der Waals surface area contributed by atoms with Gasteiger partial charge in [0, 0.05) is 13.6 Å². The molecule has 0 spiro atoms. The van der Waals surface area contributed by atoms with Crippen molar-refractivity contribution in [2.75, 3.05) is 13.6 Å². The van der Waals surface area contributed by atoms with E-state index in [1.54, 1.807) is 6.07 Å². The summed E-state index contributed by atoms with van der Waals surface area (Å²) in [6.45, 7) is 0.314. The minimum atomic E-state index is -1.09. The first kappa shape index (κ1) is 15.5. The zero-order chi connectivity index (χ0) is 15.1. The van der Waals surface area contributed by atoms with Gasteiger partial charge >= 0.3 is 5.97 Å². The lowest BCUT2D eigenvalue weighted by Gasteiger charge is -2.23. The van der Waals surface area contributed by atoms with E-state index in [1.807, 2.05) is 0 Å². The fraction of sp³-hybridized carbons (Fsp3) is 0.417. The third kappa shape index (κ3) is 4.30. The number of aliphatic imine (C=N–C) groups is 1. The maximum atomic E-state index is 12.0. The summed E-state index contributed by atoms with van der Waals surface area (Å²) in [5.74, 6) is -1.51. The highest BCUT2D eigenvalue weighted by molar-refractivity contribution is 5.94. The standard InChI is InChI=1S/C12H18N4O4/c1-16(10(17)9-5-3-7-20-9)8(11(18)19)4-2-6-15-12(13)14/h3,5,7-8H,2,4,6H2,1H3,(H,18,19)(H4,13,14,15)/t8-/m0/s1. The fourth-order valence-electron chi connectivity index (χ4n) is 1.69. The van der Waals surface area contributed by atoms with Crippen LogP contribution >= 0.6 is 0 Å². The molecule has 0 saturated heterocycles. The molecular weight excluding hydrogens is 264 g/mol. The second-order valence-corrected chi connectivity index (χ2v) is 4.20. The molecule has 8 heteroatoms. The summed E-state index contributed by atoms with van der Waals surface area (Å²) in [4.78, 5) is 28.1. The van der Waals surface area contributed by atoms with Crippen LogP contribution in [0.5, 0.6) is 0 Å². The fourth-order valence-corrected chi connectivity index (χ4v) is 1.69. The molecule has 1 rings (SSSR count). The molecule has 1 aromatic rings. The Morgan fingerprint density at radius 2 is 2.20 bits per heavy atom. The number of hydrogen-bond donors (Lipinski definition) is 3. The summed E-state index contributed by atoms with van der Waals surface area (Å²) in [6, 6.07) is 2.09. The van der Waals surface area contributed by atoms with Crippen molar-refractivity contribution in [3.8, 4) is 0 Å². The first-order valence-electron chi connectivity index (χ1n) is 6.02. The molecule has 0 saturated carbocycles. The van der Waals surface area contributed by atoms with Crippen molar-refractivity contribution in [2.45, 2.75) is 18.9 Å². The number of carboxylic acid groups (broad SMARTS) is 1. The Balaban J connectivity index is 2.63. The summed E-state index contributed by atoms with van der Waals surface area (Å²) in [5.41, 5.74) is 10.4. The van der Waals surface area contributed by atoms with Gasteiger partial charge in [-0.1, -0.05) is 0 Å². The summed E-state index contributed by atoms with van der Waals surface area (Å²) in [6.07, 6.45) is 2.05. The van der Waals surface area contributed by atoms with Gasteiger partial charge in [-0.2, -0.15) is 0 Å². The molecule has 8 nitrogen and oxygen atoms in total. The zero-order valence-electron chi connectivity index (χ0n) is 11.2. The predicted molar refractivity (Wildman–Crippen MR) is 72.1 cm³/mol. The first-order valence-corrected chi connectivity index (χ1v) is 6.02. The number of rotatable bonds is 7. The normalized spacial score (nSPS) is 11.7. The molecular formula is C12H18N4O4. The SMILES string of the molecule is CN(C(=O)c1ccco1)[C@@H](CCCN=C(N)N)C(=O)O. The molecule has 1 aromatic heterocycles. The number of carboxylic acids is 1. The number of nitrogens with zero attached hydrogens (tertiary/aromatic N) is 2. The number of hydrogen-bond acceptors (Lipinski definition) is 4. The van der Waals surface area contributed by atoms with Crippen LogP contribution in [0, 0.1) is 0 Å². The van der Waals surface area contributed by atoms with Crippen LogP contribution in [0.15, 0.2) is 27.8 Å². The largest absolute Gasteiger partial charge is 0.480 e. The Hall–Kier alpha value is -2.51. The highest BCUT2D eigenvalue weighted by Gasteiger charge is 2.27. The monoisotopic (exact) mass is 282 g/mol. The van der Waals surface area contributed by atoms with Gasteiger partial charge in [-0.25, -0.2) is 4.79 Å². The second kappa shape index (κ2) is 7.17. The van der Waals surface area contributed by atoms with E-state index < -0.39 is 17.9 Å². The van der Waals surface area contributed by atoms with Crippen LogP contribution in [0.2, 0.25) is 0 Å². The number of nitrogens with two attached hydrogens (primary N) is 2. The van der Waals surface area contributed by atoms with Crippen LogP contribution in [0.1, 0.15) is 23.4 Å². The topological polar surface area (TPSA) is 135 Å². The lowest BCUT2D eigenvalue weighted by atomic mass is 10.1. The molecule has 1 amide bonds. The van der Waals surface area contributed by atoms with Crippen LogP contribution in [0.25, 0.3) is 0 Å². The average molecular weight is 282 g/mol. The Labute approximate surface area is 116 Å². The molecule has 5 N–H and O–H groups in total. The van der Waals surface area contributed by atoms with E-state index in [4.69, 9.17) is 15.9 Å². The van der Waals surface area contributed by atoms with Crippen LogP contribution < -0.4 is 11.5 Å². The van der Waals surface area contributed by atoms with Gasteiger partial charge in [-0.05, 0) is 25.0 Å².